The number of benzene rings is 2. The van der Waals surface area contributed by atoms with Crippen molar-refractivity contribution in [2.45, 2.75) is 45.3 Å². The zero-order valence-corrected chi connectivity index (χ0v) is 15.8. The maximum Gasteiger partial charge on any atom is 0.534 e. The first kappa shape index (κ1) is 18.9. The Morgan fingerprint density at radius 3 is 2.52 bits per heavy atom. The number of rotatable bonds is 3. The molecule has 2 aromatic rings. The molecule has 0 spiro atoms. The van der Waals surface area contributed by atoms with Gasteiger partial charge in [-0.15, -0.1) is 5.06 Å². The van der Waals surface area contributed by atoms with Crippen LogP contribution in [-0.2, 0) is 27.2 Å². The van der Waals surface area contributed by atoms with Crippen LogP contribution in [0.3, 0.4) is 0 Å². The topological polar surface area (TPSA) is 81.9 Å². The standard InChI is InChI=1S/C21H24N2O4/c1-21(2,3)26-20(25)27-23-18-10-9-15(11-14-7-5-4-6-8-14)12-16(18)13-17(22)19(23)24/h4-10,12,17H,11,13,22H2,1-3H3/t17-/m0/s1. The second-order valence-corrected chi connectivity index (χ2v) is 7.62. The smallest absolute Gasteiger partial charge is 0.427 e. The lowest BCUT2D eigenvalue weighted by Crippen LogP contribution is -2.50. The summed E-state index contributed by atoms with van der Waals surface area (Å²) in [5.41, 5.74) is 8.91. The summed E-state index contributed by atoms with van der Waals surface area (Å²) < 4.78 is 5.15. The van der Waals surface area contributed by atoms with E-state index in [1.807, 2.05) is 30.3 Å². The zero-order chi connectivity index (χ0) is 19.6. The third kappa shape index (κ3) is 4.65. The van der Waals surface area contributed by atoms with E-state index in [9.17, 15) is 9.59 Å². The van der Waals surface area contributed by atoms with E-state index in [-0.39, 0.29) is 0 Å². The minimum atomic E-state index is -0.940. The highest BCUT2D eigenvalue weighted by molar-refractivity contribution is 5.99. The Morgan fingerprint density at radius 2 is 1.85 bits per heavy atom. The summed E-state index contributed by atoms with van der Waals surface area (Å²) in [6, 6.07) is 15.0. The van der Waals surface area contributed by atoms with Crippen molar-refractivity contribution in [2.24, 2.45) is 5.73 Å². The molecule has 3 rings (SSSR count). The van der Waals surface area contributed by atoms with Crippen molar-refractivity contribution in [1.29, 1.82) is 0 Å². The van der Waals surface area contributed by atoms with Crippen molar-refractivity contribution in [3.8, 4) is 0 Å². The Kier molecular flexibility index (Phi) is 5.19. The van der Waals surface area contributed by atoms with E-state index >= 15 is 0 Å². The van der Waals surface area contributed by atoms with E-state index in [0.717, 1.165) is 22.6 Å². The molecule has 6 nitrogen and oxygen atoms in total. The number of nitrogens with two attached hydrogens (primary N) is 1. The number of anilines is 1. The van der Waals surface area contributed by atoms with Gasteiger partial charge >= 0.3 is 6.16 Å². The average molecular weight is 368 g/mol. The first-order valence-corrected chi connectivity index (χ1v) is 8.89. The first-order valence-electron chi connectivity index (χ1n) is 8.89. The molecule has 2 N–H and O–H groups in total. The van der Waals surface area contributed by atoms with Crippen molar-refractivity contribution >= 4 is 17.7 Å². The summed E-state index contributed by atoms with van der Waals surface area (Å²) in [7, 11) is 0. The lowest BCUT2D eigenvalue weighted by atomic mass is 9.95. The van der Waals surface area contributed by atoms with Crippen molar-refractivity contribution in [1.82, 2.24) is 0 Å². The van der Waals surface area contributed by atoms with Gasteiger partial charge in [0.15, 0.2) is 0 Å². The number of amides is 1. The average Bonchev–Trinajstić information content (AvgIpc) is 2.58. The molecule has 0 radical (unpaired) electrons. The molecule has 6 heteroatoms. The Balaban J connectivity index is 1.84. The molecule has 1 aliphatic rings. The molecular weight excluding hydrogens is 344 g/mol. The van der Waals surface area contributed by atoms with Gasteiger partial charge in [0.05, 0.1) is 11.7 Å². The monoisotopic (exact) mass is 368 g/mol. The number of ether oxygens (including phenoxy) is 1. The highest BCUT2D eigenvalue weighted by Gasteiger charge is 2.35. The second-order valence-electron chi connectivity index (χ2n) is 7.62. The predicted octanol–water partition coefficient (Wildman–Crippen LogP) is 3.36. The van der Waals surface area contributed by atoms with Gasteiger partial charge in [0.2, 0.25) is 0 Å². The zero-order valence-electron chi connectivity index (χ0n) is 15.8. The molecule has 0 unspecified atom stereocenters. The molecule has 0 bridgehead atoms. The Morgan fingerprint density at radius 1 is 1.15 bits per heavy atom. The van der Waals surface area contributed by atoms with Crippen LogP contribution in [0, 0.1) is 0 Å². The number of carbonyl (C=O) groups is 2. The van der Waals surface area contributed by atoms with E-state index in [2.05, 4.69) is 12.1 Å². The van der Waals surface area contributed by atoms with Crippen LogP contribution in [0.1, 0.15) is 37.5 Å². The molecule has 1 atom stereocenters. The van der Waals surface area contributed by atoms with E-state index < -0.39 is 23.7 Å². The van der Waals surface area contributed by atoms with E-state index in [1.165, 1.54) is 5.56 Å². The number of carbonyl (C=O) groups excluding carboxylic acids is 2. The maximum absolute atomic E-state index is 12.4. The highest BCUT2D eigenvalue weighted by atomic mass is 16.8. The Bertz CT molecular complexity index is 843. The van der Waals surface area contributed by atoms with Crippen molar-refractivity contribution in [2.75, 3.05) is 5.06 Å². The molecule has 1 aliphatic heterocycles. The van der Waals surface area contributed by atoms with Crippen LogP contribution in [-0.4, -0.2) is 23.7 Å². The lowest BCUT2D eigenvalue weighted by Gasteiger charge is -2.31. The third-order valence-electron chi connectivity index (χ3n) is 4.13. The van der Waals surface area contributed by atoms with Gasteiger partial charge in [0.1, 0.15) is 5.60 Å². The lowest BCUT2D eigenvalue weighted by molar-refractivity contribution is -0.127. The number of hydrogen-bond acceptors (Lipinski definition) is 5. The number of hydroxylamine groups is 1. The summed E-state index contributed by atoms with van der Waals surface area (Å²) in [6.45, 7) is 5.17. The van der Waals surface area contributed by atoms with Gasteiger partial charge in [-0.2, -0.15) is 0 Å². The second kappa shape index (κ2) is 7.40. The van der Waals surface area contributed by atoms with Crippen LogP contribution in [0.25, 0.3) is 0 Å². The fraction of sp³-hybridized carbons (Fsp3) is 0.333. The van der Waals surface area contributed by atoms with Crippen LogP contribution in [0.15, 0.2) is 48.5 Å². The molecule has 0 aliphatic carbocycles. The van der Waals surface area contributed by atoms with Gasteiger partial charge in [-0.25, -0.2) is 4.79 Å². The minimum Gasteiger partial charge on any atom is -0.427 e. The van der Waals surface area contributed by atoms with Crippen LogP contribution in [0.2, 0.25) is 0 Å². The first-order chi connectivity index (χ1) is 12.7. The molecule has 27 heavy (non-hydrogen) atoms. The van der Waals surface area contributed by atoms with E-state index in [1.54, 1.807) is 26.8 Å². The molecule has 1 amide bonds. The molecule has 0 fully saturated rings. The molecule has 1 heterocycles. The quantitative estimate of drug-likeness (QED) is 0.840. The Labute approximate surface area is 158 Å². The number of hydrogen-bond donors (Lipinski definition) is 1. The van der Waals surface area contributed by atoms with Crippen molar-refractivity contribution in [3.05, 3.63) is 65.2 Å². The summed E-state index contributed by atoms with van der Waals surface area (Å²) in [4.78, 5) is 29.6. The molecule has 142 valence electrons. The van der Waals surface area contributed by atoms with Gasteiger partial charge in [-0.1, -0.05) is 42.5 Å². The molecular formula is C21H24N2O4. The van der Waals surface area contributed by atoms with Crippen molar-refractivity contribution < 1.29 is 19.2 Å². The van der Waals surface area contributed by atoms with Gasteiger partial charge in [-0.3, -0.25) is 9.63 Å². The predicted molar refractivity (Wildman–Crippen MR) is 102 cm³/mol. The largest absolute Gasteiger partial charge is 0.534 e. The normalized spacial score (nSPS) is 16.7. The Hall–Kier alpha value is -2.86. The summed E-state index contributed by atoms with van der Waals surface area (Å²) in [6.07, 6.45) is 0.221. The van der Waals surface area contributed by atoms with E-state index in [4.69, 9.17) is 15.3 Å². The maximum atomic E-state index is 12.4. The SMILES string of the molecule is CC(C)(C)OC(=O)ON1C(=O)[C@@H](N)Cc2cc(Cc3ccccc3)ccc21. The van der Waals surface area contributed by atoms with Crippen LogP contribution in [0.5, 0.6) is 0 Å². The van der Waals surface area contributed by atoms with Gasteiger partial charge < -0.3 is 10.5 Å². The van der Waals surface area contributed by atoms with E-state index in [0.29, 0.717) is 12.1 Å². The summed E-state index contributed by atoms with van der Waals surface area (Å²) in [5.74, 6) is -0.468. The number of fused-ring (bicyclic) bond motifs is 1. The van der Waals surface area contributed by atoms with Gasteiger partial charge in [0.25, 0.3) is 5.91 Å². The summed E-state index contributed by atoms with van der Waals surface area (Å²) >= 11 is 0. The highest BCUT2D eigenvalue weighted by Crippen LogP contribution is 2.30. The molecule has 0 saturated carbocycles. The molecule has 0 aromatic heterocycles. The fourth-order valence-electron chi connectivity index (χ4n) is 2.97. The minimum absolute atomic E-state index is 0.394. The van der Waals surface area contributed by atoms with Crippen LogP contribution in [0.4, 0.5) is 10.5 Å². The van der Waals surface area contributed by atoms with Crippen molar-refractivity contribution in [3.63, 3.8) is 0 Å². The van der Waals surface area contributed by atoms with Gasteiger partial charge in [0, 0.05) is 0 Å². The van der Waals surface area contributed by atoms with Crippen LogP contribution >= 0.6 is 0 Å². The fourth-order valence-corrected chi connectivity index (χ4v) is 2.97. The van der Waals surface area contributed by atoms with Crippen LogP contribution < -0.4 is 10.8 Å². The van der Waals surface area contributed by atoms with Gasteiger partial charge in [-0.05, 0) is 56.4 Å². The summed E-state index contributed by atoms with van der Waals surface area (Å²) in [5, 5.41) is 0.948. The third-order valence-corrected chi connectivity index (χ3v) is 4.13. The molecule has 0 saturated heterocycles. The number of nitrogens with zero attached hydrogens (tertiary/aromatic N) is 1. The molecule has 2 aromatic carbocycles.